The number of benzene rings is 1. The quantitative estimate of drug-likeness (QED) is 0.834. The number of thiazole rings is 1. The van der Waals surface area contributed by atoms with Gasteiger partial charge in [0.2, 0.25) is 10.0 Å². The van der Waals surface area contributed by atoms with Gasteiger partial charge in [-0.05, 0) is 38.5 Å². The first kappa shape index (κ1) is 16.2. The van der Waals surface area contributed by atoms with E-state index in [1.807, 2.05) is 12.3 Å². The second-order valence-electron chi connectivity index (χ2n) is 4.81. The van der Waals surface area contributed by atoms with E-state index in [9.17, 15) is 8.42 Å². The van der Waals surface area contributed by atoms with Gasteiger partial charge in [-0.15, -0.1) is 11.3 Å². The molecule has 0 aliphatic carbocycles. The number of aryl methyl sites for hydroxylation is 2. The Bertz CT molecular complexity index is 748. The van der Waals surface area contributed by atoms with Crippen molar-refractivity contribution in [2.75, 3.05) is 5.73 Å². The summed E-state index contributed by atoms with van der Waals surface area (Å²) in [6.45, 7) is 5.33. The second kappa shape index (κ2) is 5.92. The van der Waals surface area contributed by atoms with Gasteiger partial charge >= 0.3 is 0 Å². The van der Waals surface area contributed by atoms with E-state index in [1.165, 1.54) is 23.5 Å². The number of halogens is 1. The fraction of sp³-hybridized carbons (Fsp3) is 0.308. The van der Waals surface area contributed by atoms with Crippen LogP contribution in [0.4, 0.5) is 5.69 Å². The number of nitrogens with one attached hydrogen (secondary N) is 1. The lowest BCUT2D eigenvalue weighted by molar-refractivity contribution is 0.566. The predicted molar refractivity (Wildman–Crippen MR) is 86.2 cm³/mol. The molecule has 0 fully saturated rings. The highest BCUT2D eigenvalue weighted by Crippen LogP contribution is 2.28. The fourth-order valence-electron chi connectivity index (χ4n) is 1.84. The number of rotatable bonds is 4. The molecule has 1 atom stereocenters. The molecule has 114 valence electrons. The Morgan fingerprint density at radius 2 is 2.05 bits per heavy atom. The SMILES string of the molecule is Cc1csc(C(C)NS(=O)(=O)c2cc(C)c(Cl)c(N)c2)n1. The minimum Gasteiger partial charge on any atom is -0.397 e. The first-order chi connectivity index (χ1) is 9.70. The maximum atomic E-state index is 12.4. The molecule has 0 amide bonds. The number of hydrogen-bond donors (Lipinski definition) is 2. The summed E-state index contributed by atoms with van der Waals surface area (Å²) in [5.74, 6) is 0. The van der Waals surface area contributed by atoms with E-state index >= 15 is 0 Å². The van der Waals surface area contributed by atoms with Crippen LogP contribution in [0.2, 0.25) is 5.02 Å². The van der Waals surface area contributed by atoms with Gasteiger partial charge in [0.05, 0.1) is 21.6 Å². The molecule has 0 saturated heterocycles. The van der Waals surface area contributed by atoms with Gasteiger partial charge in [0, 0.05) is 11.1 Å². The lowest BCUT2D eigenvalue weighted by Crippen LogP contribution is -2.27. The lowest BCUT2D eigenvalue weighted by atomic mass is 10.2. The molecule has 2 rings (SSSR count). The maximum Gasteiger partial charge on any atom is 0.241 e. The lowest BCUT2D eigenvalue weighted by Gasteiger charge is -2.13. The molecule has 1 aromatic carbocycles. The minimum atomic E-state index is -3.68. The Morgan fingerprint density at radius 3 is 2.57 bits per heavy atom. The normalized spacial score (nSPS) is 13.3. The fourth-order valence-corrected chi connectivity index (χ4v) is 4.15. The molecule has 21 heavy (non-hydrogen) atoms. The molecule has 0 aliphatic rings. The third-order valence-corrected chi connectivity index (χ3v) is 6.09. The van der Waals surface area contributed by atoms with Crippen molar-refractivity contribution in [1.82, 2.24) is 9.71 Å². The molecular formula is C13H16ClN3O2S2. The summed E-state index contributed by atoms with van der Waals surface area (Å²) < 4.78 is 27.4. The van der Waals surface area contributed by atoms with Gasteiger partial charge in [0.25, 0.3) is 0 Å². The highest BCUT2D eigenvalue weighted by atomic mass is 35.5. The number of hydrogen-bond acceptors (Lipinski definition) is 5. The molecule has 1 aromatic heterocycles. The van der Waals surface area contributed by atoms with Crippen LogP contribution in [-0.2, 0) is 10.0 Å². The third-order valence-electron chi connectivity index (χ3n) is 2.91. The number of aromatic nitrogens is 1. The molecule has 8 heteroatoms. The monoisotopic (exact) mass is 345 g/mol. The van der Waals surface area contributed by atoms with E-state index < -0.39 is 16.1 Å². The van der Waals surface area contributed by atoms with E-state index in [0.29, 0.717) is 10.6 Å². The van der Waals surface area contributed by atoms with E-state index in [-0.39, 0.29) is 10.6 Å². The molecule has 0 radical (unpaired) electrons. The zero-order chi connectivity index (χ0) is 15.8. The molecule has 5 nitrogen and oxygen atoms in total. The summed E-state index contributed by atoms with van der Waals surface area (Å²) in [7, 11) is -3.68. The van der Waals surface area contributed by atoms with Crippen molar-refractivity contribution in [3.63, 3.8) is 0 Å². The average molecular weight is 346 g/mol. The Balaban J connectivity index is 2.30. The Kier molecular flexibility index (Phi) is 4.57. The van der Waals surface area contributed by atoms with Crippen molar-refractivity contribution in [1.29, 1.82) is 0 Å². The molecule has 1 heterocycles. The van der Waals surface area contributed by atoms with Crippen molar-refractivity contribution in [2.45, 2.75) is 31.7 Å². The van der Waals surface area contributed by atoms with Crippen LogP contribution in [0, 0.1) is 13.8 Å². The van der Waals surface area contributed by atoms with Crippen LogP contribution in [0.25, 0.3) is 0 Å². The number of nitrogen functional groups attached to an aromatic ring is 1. The molecule has 0 spiro atoms. The highest BCUT2D eigenvalue weighted by Gasteiger charge is 2.21. The standard InChI is InChI=1S/C13H16ClN3O2S2/c1-7-4-10(5-11(15)12(7)14)21(18,19)17-9(3)13-16-8(2)6-20-13/h4-6,9,17H,15H2,1-3H3. The third kappa shape index (κ3) is 3.55. The first-order valence-corrected chi connectivity index (χ1v) is 8.95. The molecule has 0 aliphatic heterocycles. The van der Waals surface area contributed by atoms with E-state index in [4.69, 9.17) is 17.3 Å². The minimum absolute atomic E-state index is 0.0991. The van der Waals surface area contributed by atoms with Crippen molar-refractivity contribution in [2.24, 2.45) is 0 Å². The number of nitrogens with two attached hydrogens (primary N) is 1. The van der Waals surface area contributed by atoms with Gasteiger partial charge < -0.3 is 5.73 Å². The molecule has 0 bridgehead atoms. The van der Waals surface area contributed by atoms with E-state index in [1.54, 1.807) is 13.8 Å². The number of nitrogens with zero attached hydrogens (tertiary/aromatic N) is 1. The average Bonchev–Trinajstić information content (AvgIpc) is 2.81. The molecule has 3 N–H and O–H groups in total. The molecule has 0 saturated carbocycles. The topological polar surface area (TPSA) is 85.1 Å². The molecule has 1 unspecified atom stereocenters. The molecule has 2 aromatic rings. The Labute approximate surface area is 133 Å². The Hall–Kier alpha value is -1.15. The summed E-state index contributed by atoms with van der Waals surface area (Å²) >= 11 is 7.37. The van der Waals surface area contributed by atoms with Gasteiger partial charge in [0.15, 0.2) is 0 Å². The smallest absolute Gasteiger partial charge is 0.241 e. The van der Waals surface area contributed by atoms with Gasteiger partial charge in [-0.3, -0.25) is 0 Å². The highest BCUT2D eigenvalue weighted by molar-refractivity contribution is 7.89. The van der Waals surface area contributed by atoms with Crippen LogP contribution >= 0.6 is 22.9 Å². The summed E-state index contributed by atoms with van der Waals surface area (Å²) in [6.07, 6.45) is 0. The summed E-state index contributed by atoms with van der Waals surface area (Å²) in [4.78, 5) is 4.38. The van der Waals surface area contributed by atoms with Crippen molar-refractivity contribution >= 4 is 38.6 Å². The second-order valence-corrected chi connectivity index (χ2v) is 7.80. The van der Waals surface area contributed by atoms with Crippen molar-refractivity contribution < 1.29 is 8.42 Å². The van der Waals surface area contributed by atoms with Gasteiger partial charge in [-0.25, -0.2) is 18.1 Å². The van der Waals surface area contributed by atoms with Crippen LogP contribution in [-0.4, -0.2) is 13.4 Å². The van der Waals surface area contributed by atoms with Gasteiger partial charge in [-0.1, -0.05) is 11.6 Å². The van der Waals surface area contributed by atoms with E-state index in [2.05, 4.69) is 9.71 Å². The van der Waals surface area contributed by atoms with Gasteiger partial charge in [-0.2, -0.15) is 0 Å². The Morgan fingerprint density at radius 1 is 1.38 bits per heavy atom. The van der Waals surface area contributed by atoms with Crippen LogP contribution in [0.5, 0.6) is 0 Å². The molecular weight excluding hydrogens is 330 g/mol. The first-order valence-electron chi connectivity index (χ1n) is 6.20. The van der Waals surface area contributed by atoms with Crippen LogP contribution in [0.3, 0.4) is 0 Å². The van der Waals surface area contributed by atoms with Crippen molar-refractivity contribution in [3.8, 4) is 0 Å². The summed E-state index contributed by atoms with van der Waals surface area (Å²) in [6, 6.07) is 2.45. The van der Waals surface area contributed by atoms with Crippen molar-refractivity contribution in [3.05, 3.63) is 38.8 Å². The van der Waals surface area contributed by atoms with E-state index in [0.717, 1.165) is 10.7 Å². The maximum absolute atomic E-state index is 12.4. The number of anilines is 1. The van der Waals surface area contributed by atoms with Crippen LogP contribution in [0.15, 0.2) is 22.4 Å². The van der Waals surface area contributed by atoms with Gasteiger partial charge in [0.1, 0.15) is 5.01 Å². The zero-order valence-corrected chi connectivity index (χ0v) is 14.2. The van der Waals surface area contributed by atoms with Crippen LogP contribution in [0.1, 0.15) is 29.2 Å². The number of sulfonamides is 1. The predicted octanol–water partition coefficient (Wildman–Crippen LogP) is 3.04. The summed E-state index contributed by atoms with van der Waals surface area (Å²) in [5, 5.41) is 2.97. The van der Waals surface area contributed by atoms with Crippen LogP contribution < -0.4 is 10.5 Å². The summed E-state index contributed by atoms with van der Waals surface area (Å²) in [5.41, 5.74) is 7.46. The zero-order valence-electron chi connectivity index (χ0n) is 11.8. The largest absolute Gasteiger partial charge is 0.397 e.